The maximum atomic E-state index is 11.5. The van der Waals surface area contributed by atoms with E-state index in [1.165, 1.54) is 51.4 Å². The molecule has 3 nitrogen and oxygen atoms in total. The monoisotopic (exact) mass is 384 g/mol. The van der Waals surface area contributed by atoms with Crippen LogP contribution in [0, 0.1) is 0 Å². The third kappa shape index (κ3) is 18.2. The number of quaternary nitrogens is 1. The van der Waals surface area contributed by atoms with Crippen LogP contribution in [0.3, 0.4) is 0 Å². The van der Waals surface area contributed by atoms with Crippen LogP contribution in [0.4, 0.5) is 0 Å². The standard InChI is InChI=1S/C15H32N2O.HI/c1-5-6-7-8-9-10-11-12-13-14-15(18)16-17(2,3)4;/h5-14H2,1-4H3;1H. The minimum atomic E-state index is 0. The van der Waals surface area contributed by atoms with E-state index in [9.17, 15) is 4.79 Å². The van der Waals surface area contributed by atoms with E-state index in [-0.39, 0.29) is 29.9 Å². The fraction of sp³-hybridized carbons (Fsp3) is 0.933. The summed E-state index contributed by atoms with van der Waals surface area (Å²) in [5.41, 5.74) is 2.94. The van der Waals surface area contributed by atoms with Crippen molar-refractivity contribution in [1.29, 1.82) is 0 Å². The van der Waals surface area contributed by atoms with Gasteiger partial charge in [0.25, 0.3) is 5.91 Å². The Morgan fingerprint density at radius 1 is 0.842 bits per heavy atom. The van der Waals surface area contributed by atoms with Crippen molar-refractivity contribution >= 4 is 5.91 Å². The van der Waals surface area contributed by atoms with Gasteiger partial charge in [0.05, 0.1) is 21.1 Å². The number of amides is 1. The maximum Gasteiger partial charge on any atom is 0.264 e. The molecule has 116 valence electrons. The fourth-order valence-corrected chi connectivity index (χ4v) is 2.03. The van der Waals surface area contributed by atoms with E-state index < -0.39 is 0 Å². The van der Waals surface area contributed by atoms with Gasteiger partial charge in [-0.25, -0.2) is 10.0 Å². The molecule has 0 bridgehead atoms. The van der Waals surface area contributed by atoms with E-state index in [1.54, 1.807) is 0 Å². The van der Waals surface area contributed by atoms with Crippen LogP contribution in [0.5, 0.6) is 0 Å². The highest BCUT2D eigenvalue weighted by molar-refractivity contribution is 5.74. The van der Waals surface area contributed by atoms with Gasteiger partial charge in [0.15, 0.2) is 0 Å². The van der Waals surface area contributed by atoms with Crippen LogP contribution in [0.2, 0.25) is 0 Å². The summed E-state index contributed by atoms with van der Waals surface area (Å²) in [5.74, 6) is 0.172. The molecule has 0 heterocycles. The Balaban J connectivity index is 0. The normalized spacial score (nSPS) is 10.9. The minimum absolute atomic E-state index is 0. The van der Waals surface area contributed by atoms with Gasteiger partial charge in [0, 0.05) is 6.42 Å². The molecule has 0 spiro atoms. The van der Waals surface area contributed by atoms with Crippen LogP contribution >= 0.6 is 0 Å². The van der Waals surface area contributed by atoms with Crippen molar-refractivity contribution in [2.45, 2.75) is 71.1 Å². The first-order chi connectivity index (χ1) is 8.45. The van der Waals surface area contributed by atoms with Crippen LogP contribution in [0.25, 0.3) is 0 Å². The van der Waals surface area contributed by atoms with Gasteiger partial charge in [0.2, 0.25) is 0 Å². The predicted molar refractivity (Wildman–Crippen MR) is 78.0 cm³/mol. The number of nitrogens with zero attached hydrogens (tertiary/aromatic N) is 1. The third-order valence-electron chi connectivity index (χ3n) is 2.97. The first-order valence-corrected chi connectivity index (χ1v) is 7.58. The van der Waals surface area contributed by atoms with Crippen molar-refractivity contribution in [3.8, 4) is 0 Å². The van der Waals surface area contributed by atoms with E-state index >= 15 is 0 Å². The molecule has 1 amide bonds. The van der Waals surface area contributed by atoms with Gasteiger partial charge in [-0.1, -0.05) is 58.3 Å². The molecule has 0 aromatic rings. The quantitative estimate of drug-likeness (QED) is 0.241. The Morgan fingerprint density at radius 3 is 1.68 bits per heavy atom. The molecule has 0 saturated carbocycles. The molecule has 0 aliphatic heterocycles. The second-order valence-corrected chi connectivity index (χ2v) is 6.13. The number of hydrogen-bond acceptors (Lipinski definition) is 1. The molecule has 4 heteroatoms. The number of carbonyl (C=O) groups is 1. The Hall–Kier alpha value is 0.160. The highest BCUT2D eigenvalue weighted by Gasteiger charge is 2.11. The average Bonchev–Trinajstić information content (AvgIpc) is 2.24. The van der Waals surface area contributed by atoms with Gasteiger partial charge < -0.3 is 24.0 Å². The lowest BCUT2D eigenvalue weighted by Crippen LogP contribution is -3.00. The molecule has 0 saturated heterocycles. The topological polar surface area (TPSA) is 29.1 Å². The zero-order valence-corrected chi connectivity index (χ0v) is 15.5. The van der Waals surface area contributed by atoms with Gasteiger partial charge >= 0.3 is 0 Å². The summed E-state index contributed by atoms with van der Waals surface area (Å²) in [7, 11) is 5.90. The van der Waals surface area contributed by atoms with Crippen LogP contribution < -0.4 is 29.4 Å². The molecule has 0 aliphatic rings. The number of unbranched alkanes of at least 4 members (excludes halogenated alkanes) is 8. The lowest BCUT2D eigenvalue weighted by molar-refractivity contribution is -0.906. The van der Waals surface area contributed by atoms with Crippen molar-refractivity contribution in [3.05, 3.63) is 0 Å². The van der Waals surface area contributed by atoms with E-state index in [0.29, 0.717) is 11.0 Å². The van der Waals surface area contributed by atoms with E-state index in [4.69, 9.17) is 0 Å². The molecular formula is C15H33IN2O. The zero-order valence-electron chi connectivity index (χ0n) is 13.3. The van der Waals surface area contributed by atoms with Crippen molar-refractivity contribution in [3.63, 3.8) is 0 Å². The van der Waals surface area contributed by atoms with E-state index in [2.05, 4.69) is 12.3 Å². The van der Waals surface area contributed by atoms with Crippen LogP contribution in [-0.2, 0) is 4.79 Å². The molecule has 0 aromatic heterocycles. The Labute approximate surface area is 137 Å². The highest BCUT2D eigenvalue weighted by Crippen LogP contribution is 2.10. The SMILES string of the molecule is CCCCCCCCCCCC(=O)N[N+](C)(C)C.[I-]. The summed E-state index contributed by atoms with van der Waals surface area (Å²) >= 11 is 0. The molecule has 0 aromatic carbocycles. The van der Waals surface area contributed by atoms with Crippen LogP contribution in [0.1, 0.15) is 71.1 Å². The predicted octanol–water partition coefficient (Wildman–Crippen LogP) is 0.649. The first-order valence-electron chi connectivity index (χ1n) is 7.58. The Kier molecular flexibility index (Phi) is 14.9. The summed E-state index contributed by atoms with van der Waals surface area (Å²) in [6, 6.07) is 0. The number of halogens is 1. The average molecular weight is 384 g/mol. The number of hydrogen-bond donors (Lipinski definition) is 1. The minimum Gasteiger partial charge on any atom is -1.00 e. The van der Waals surface area contributed by atoms with Gasteiger partial charge in [-0.2, -0.15) is 0 Å². The van der Waals surface area contributed by atoms with Crippen molar-refractivity contribution < 1.29 is 33.4 Å². The summed E-state index contributed by atoms with van der Waals surface area (Å²) in [4.78, 5) is 11.5. The van der Waals surface area contributed by atoms with Crippen molar-refractivity contribution in [2.75, 3.05) is 21.1 Å². The highest BCUT2D eigenvalue weighted by atomic mass is 127. The van der Waals surface area contributed by atoms with Gasteiger partial charge in [-0.3, -0.25) is 4.79 Å². The van der Waals surface area contributed by atoms with Gasteiger partial charge in [-0.05, 0) is 6.42 Å². The van der Waals surface area contributed by atoms with Crippen molar-refractivity contribution in [2.24, 2.45) is 0 Å². The fourth-order valence-electron chi connectivity index (χ4n) is 2.03. The third-order valence-corrected chi connectivity index (χ3v) is 2.97. The summed E-state index contributed by atoms with van der Waals surface area (Å²) in [5, 5.41) is 0. The molecule has 0 unspecified atom stereocenters. The molecule has 0 aliphatic carbocycles. The zero-order chi connectivity index (χ0) is 13.9. The molecule has 0 rings (SSSR count). The second-order valence-electron chi connectivity index (χ2n) is 6.13. The Bertz CT molecular complexity index is 215. The van der Waals surface area contributed by atoms with E-state index in [0.717, 1.165) is 6.42 Å². The van der Waals surface area contributed by atoms with Crippen molar-refractivity contribution in [1.82, 2.24) is 5.43 Å². The summed E-state index contributed by atoms with van der Waals surface area (Å²) in [6.45, 7) is 2.25. The van der Waals surface area contributed by atoms with Gasteiger partial charge in [-0.15, -0.1) is 0 Å². The van der Waals surface area contributed by atoms with Crippen LogP contribution in [-0.4, -0.2) is 31.6 Å². The molecule has 1 N–H and O–H groups in total. The molecule has 0 atom stereocenters. The molecule has 0 radical (unpaired) electrons. The molecule has 0 fully saturated rings. The number of nitrogens with one attached hydrogen (secondary N) is 1. The smallest absolute Gasteiger partial charge is 0.264 e. The van der Waals surface area contributed by atoms with Crippen LogP contribution in [0.15, 0.2) is 0 Å². The maximum absolute atomic E-state index is 11.5. The number of carbonyl (C=O) groups excluding carboxylic acids is 1. The second kappa shape index (κ2) is 13.2. The largest absolute Gasteiger partial charge is 1.00 e. The first kappa shape index (κ1) is 21.5. The van der Waals surface area contributed by atoms with Gasteiger partial charge in [0.1, 0.15) is 0 Å². The summed E-state index contributed by atoms with van der Waals surface area (Å²) in [6.07, 6.45) is 12.4. The lowest BCUT2D eigenvalue weighted by Gasteiger charge is -2.23. The Morgan fingerprint density at radius 2 is 1.26 bits per heavy atom. The summed E-state index contributed by atoms with van der Waals surface area (Å²) < 4.78 is 0.510. The lowest BCUT2D eigenvalue weighted by atomic mass is 10.1. The van der Waals surface area contributed by atoms with E-state index in [1.807, 2.05) is 21.1 Å². The molecule has 19 heavy (non-hydrogen) atoms. The molecular weight excluding hydrogens is 351 g/mol. The number of rotatable bonds is 11.